The molecule has 4 nitrogen and oxygen atoms in total. The average molecular weight is 288 g/mol. The molecule has 5 heteroatoms. The zero-order valence-electron chi connectivity index (χ0n) is 11.4. The van der Waals surface area contributed by atoms with Crippen LogP contribution in [0, 0.1) is 0 Å². The number of hydrogen-bond donors (Lipinski definition) is 1. The molecular formula is C15H16N2O2S. The number of pyridine rings is 1. The van der Waals surface area contributed by atoms with Gasteiger partial charge in [0.25, 0.3) is 5.91 Å². The van der Waals surface area contributed by atoms with Crippen molar-refractivity contribution in [1.29, 1.82) is 0 Å². The summed E-state index contributed by atoms with van der Waals surface area (Å²) in [6, 6.07) is 11.1. The molecule has 0 aliphatic rings. The van der Waals surface area contributed by atoms with Crippen molar-refractivity contribution in [2.24, 2.45) is 0 Å². The van der Waals surface area contributed by atoms with Gasteiger partial charge in [-0.05, 0) is 30.0 Å². The molecule has 20 heavy (non-hydrogen) atoms. The number of rotatable bonds is 5. The predicted molar refractivity (Wildman–Crippen MR) is 81.6 cm³/mol. The van der Waals surface area contributed by atoms with E-state index in [1.165, 1.54) is 7.11 Å². The number of methoxy groups -OCH3 is 1. The molecule has 1 amide bonds. The summed E-state index contributed by atoms with van der Waals surface area (Å²) in [6.07, 6.45) is 1.59. The van der Waals surface area contributed by atoms with Crippen molar-refractivity contribution >= 4 is 23.4 Å². The van der Waals surface area contributed by atoms with E-state index in [1.54, 1.807) is 30.1 Å². The molecule has 1 aromatic carbocycles. The highest BCUT2D eigenvalue weighted by Crippen LogP contribution is 2.27. The number of thioether (sulfide) groups is 1. The Morgan fingerprint density at radius 1 is 1.30 bits per heavy atom. The van der Waals surface area contributed by atoms with Gasteiger partial charge in [0.2, 0.25) is 5.88 Å². The van der Waals surface area contributed by atoms with Gasteiger partial charge in [0.15, 0.2) is 0 Å². The van der Waals surface area contributed by atoms with E-state index >= 15 is 0 Å². The third kappa shape index (κ3) is 3.30. The Kier molecular flexibility index (Phi) is 5.01. The summed E-state index contributed by atoms with van der Waals surface area (Å²) in [5.41, 5.74) is 1.22. The number of para-hydroxylation sites is 1. The molecule has 2 rings (SSSR count). The van der Waals surface area contributed by atoms with Gasteiger partial charge in [-0.15, -0.1) is 11.8 Å². The molecule has 0 aliphatic carbocycles. The van der Waals surface area contributed by atoms with Crippen molar-refractivity contribution < 1.29 is 9.53 Å². The summed E-state index contributed by atoms with van der Waals surface area (Å²) in [4.78, 5) is 17.4. The Balaban J connectivity index is 2.24. The summed E-state index contributed by atoms with van der Waals surface area (Å²) >= 11 is 1.69. The van der Waals surface area contributed by atoms with E-state index in [2.05, 4.69) is 17.2 Å². The average Bonchev–Trinajstić information content (AvgIpc) is 2.49. The van der Waals surface area contributed by atoms with Crippen LogP contribution in [0.1, 0.15) is 17.3 Å². The highest BCUT2D eigenvalue weighted by atomic mass is 32.2. The SMILES string of the molecule is CCSc1ccccc1NC(=O)c1cccnc1OC. The maximum atomic E-state index is 12.3. The first kappa shape index (κ1) is 14.4. The fourth-order valence-corrected chi connectivity index (χ4v) is 2.53. The lowest BCUT2D eigenvalue weighted by molar-refractivity contribution is 0.102. The van der Waals surface area contributed by atoms with Crippen molar-refractivity contribution in [1.82, 2.24) is 4.98 Å². The molecule has 0 aliphatic heterocycles. The Morgan fingerprint density at radius 2 is 2.10 bits per heavy atom. The van der Waals surface area contributed by atoms with Crippen LogP contribution in [0.5, 0.6) is 5.88 Å². The lowest BCUT2D eigenvalue weighted by atomic mass is 10.2. The van der Waals surface area contributed by atoms with Crippen LogP contribution in [0.25, 0.3) is 0 Å². The van der Waals surface area contributed by atoms with Gasteiger partial charge in [-0.2, -0.15) is 0 Å². The quantitative estimate of drug-likeness (QED) is 0.856. The second-order valence-corrected chi connectivity index (χ2v) is 5.25. The van der Waals surface area contributed by atoms with Crippen LogP contribution in [0.15, 0.2) is 47.5 Å². The molecule has 0 saturated carbocycles. The van der Waals surface area contributed by atoms with Gasteiger partial charge in [0, 0.05) is 11.1 Å². The second kappa shape index (κ2) is 6.96. The first-order valence-electron chi connectivity index (χ1n) is 6.28. The lowest BCUT2D eigenvalue weighted by Gasteiger charge is -2.11. The van der Waals surface area contributed by atoms with Gasteiger partial charge in [-0.3, -0.25) is 4.79 Å². The highest BCUT2D eigenvalue weighted by Gasteiger charge is 2.14. The molecule has 1 aromatic heterocycles. The maximum absolute atomic E-state index is 12.3. The summed E-state index contributed by atoms with van der Waals surface area (Å²) in [5, 5.41) is 2.91. The second-order valence-electron chi connectivity index (χ2n) is 3.94. The van der Waals surface area contributed by atoms with E-state index in [0.29, 0.717) is 11.4 Å². The number of benzene rings is 1. The van der Waals surface area contributed by atoms with Crippen molar-refractivity contribution in [3.8, 4) is 5.88 Å². The van der Waals surface area contributed by atoms with Crippen LogP contribution in [-0.2, 0) is 0 Å². The topological polar surface area (TPSA) is 51.2 Å². The third-order valence-corrected chi connectivity index (χ3v) is 3.60. The van der Waals surface area contributed by atoms with Crippen molar-refractivity contribution in [3.63, 3.8) is 0 Å². The molecule has 0 saturated heterocycles. The van der Waals surface area contributed by atoms with Crippen LogP contribution < -0.4 is 10.1 Å². The summed E-state index contributed by atoms with van der Waals surface area (Å²) in [7, 11) is 1.50. The van der Waals surface area contributed by atoms with Crippen molar-refractivity contribution in [2.75, 3.05) is 18.2 Å². The number of hydrogen-bond acceptors (Lipinski definition) is 4. The van der Waals surface area contributed by atoms with E-state index in [-0.39, 0.29) is 5.91 Å². The molecule has 0 bridgehead atoms. The third-order valence-electron chi connectivity index (χ3n) is 2.64. The normalized spacial score (nSPS) is 10.1. The van der Waals surface area contributed by atoms with Crippen molar-refractivity contribution in [2.45, 2.75) is 11.8 Å². The van der Waals surface area contributed by atoms with Crippen LogP contribution >= 0.6 is 11.8 Å². The van der Waals surface area contributed by atoms with Crippen LogP contribution in [0.2, 0.25) is 0 Å². The van der Waals surface area contributed by atoms with Crippen LogP contribution in [0.4, 0.5) is 5.69 Å². The Bertz CT molecular complexity index is 602. The molecular weight excluding hydrogens is 272 g/mol. The number of nitrogens with zero attached hydrogens (tertiary/aromatic N) is 1. The highest BCUT2D eigenvalue weighted by molar-refractivity contribution is 7.99. The van der Waals surface area contributed by atoms with Gasteiger partial charge in [-0.1, -0.05) is 19.1 Å². The van der Waals surface area contributed by atoms with Gasteiger partial charge in [-0.25, -0.2) is 4.98 Å². The van der Waals surface area contributed by atoms with Gasteiger partial charge in [0.1, 0.15) is 5.56 Å². The Hall–Kier alpha value is -2.01. The number of carbonyl (C=O) groups excluding carboxylic acids is 1. The predicted octanol–water partition coefficient (Wildman–Crippen LogP) is 3.45. The first-order chi connectivity index (χ1) is 9.76. The zero-order valence-corrected chi connectivity index (χ0v) is 12.2. The fourth-order valence-electron chi connectivity index (χ4n) is 1.77. The van der Waals surface area contributed by atoms with Crippen molar-refractivity contribution in [3.05, 3.63) is 48.2 Å². The lowest BCUT2D eigenvalue weighted by Crippen LogP contribution is -2.14. The minimum absolute atomic E-state index is 0.223. The van der Waals surface area contributed by atoms with Gasteiger partial charge >= 0.3 is 0 Å². The van der Waals surface area contributed by atoms with E-state index in [1.807, 2.05) is 24.3 Å². The van der Waals surface area contributed by atoms with E-state index in [4.69, 9.17) is 4.74 Å². The molecule has 0 atom stereocenters. The molecule has 0 fully saturated rings. The Morgan fingerprint density at radius 3 is 2.85 bits per heavy atom. The minimum atomic E-state index is -0.223. The molecule has 0 spiro atoms. The summed E-state index contributed by atoms with van der Waals surface area (Å²) < 4.78 is 5.10. The standard InChI is InChI=1S/C15H16N2O2S/c1-3-20-13-9-5-4-8-12(13)17-14(18)11-7-6-10-16-15(11)19-2/h4-10H,3H2,1-2H3,(H,17,18). The van der Waals surface area contributed by atoms with Gasteiger partial charge < -0.3 is 10.1 Å². The van der Waals surface area contributed by atoms with E-state index in [0.717, 1.165) is 16.3 Å². The summed E-state index contributed by atoms with van der Waals surface area (Å²) in [6.45, 7) is 2.08. The number of carbonyl (C=O) groups is 1. The number of nitrogens with one attached hydrogen (secondary N) is 1. The van der Waals surface area contributed by atoms with Crippen LogP contribution in [0.3, 0.4) is 0 Å². The molecule has 0 radical (unpaired) electrons. The number of anilines is 1. The minimum Gasteiger partial charge on any atom is -0.480 e. The number of amides is 1. The molecule has 1 N–H and O–H groups in total. The monoisotopic (exact) mass is 288 g/mol. The van der Waals surface area contributed by atoms with Crippen LogP contribution in [-0.4, -0.2) is 23.8 Å². The number of ether oxygens (including phenoxy) is 1. The number of aromatic nitrogens is 1. The first-order valence-corrected chi connectivity index (χ1v) is 7.27. The van der Waals surface area contributed by atoms with E-state index in [9.17, 15) is 4.79 Å². The zero-order chi connectivity index (χ0) is 14.4. The fraction of sp³-hybridized carbons (Fsp3) is 0.200. The largest absolute Gasteiger partial charge is 0.480 e. The molecule has 2 aromatic rings. The molecule has 0 unspecified atom stereocenters. The summed E-state index contributed by atoms with van der Waals surface area (Å²) in [5.74, 6) is 1.05. The molecule has 1 heterocycles. The maximum Gasteiger partial charge on any atom is 0.261 e. The van der Waals surface area contributed by atoms with Gasteiger partial charge in [0.05, 0.1) is 12.8 Å². The van der Waals surface area contributed by atoms with E-state index < -0.39 is 0 Å². The Labute approximate surface area is 122 Å². The smallest absolute Gasteiger partial charge is 0.261 e. The molecule has 104 valence electrons.